The monoisotopic (exact) mass is 293 g/mol. The van der Waals surface area contributed by atoms with E-state index in [1.54, 1.807) is 16.7 Å². The Kier molecular flexibility index (Phi) is 3.63. The zero-order valence-electron chi connectivity index (χ0n) is 11.2. The van der Waals surface area contributed by atoms with Crippen molar-refractivity contribution in [3.8, 4) is 0 Å². The number of nitrogens with zero attached hydrogens (tertiary/aromatic N) is 2. The van der Waals surface area contributed by atoms with Crippen LogP contribution in [-0.2, 0) is 11.8 Å². The second-order valence-electron chi connectivity index (χ2n) is 4.99. The van der Waals surface area contributed by atoms with E-state index in [0.29, 0.717) is 17.4 Å². The first-order valence-electron chi connectivity index (χ1n) is 6.67. The van der Waals surface area contributed by atoms with Crippen LogP contribution in [0, 0.1) is 0 Å². The highest BCUT2D eigenvalue weighted by Crippen LogP contribution is 2.19. The summed E-state index contributed by atoms with van der Waals surface area (Å²) < 4.78 is 7.26. The van der Waals surface area contributed by atoms with Crippen LogP contribution in [-0.4, -0.2) is 34.7 Å². The van der Waals surface area contributed by atoms with Gasteiger partial charge in [-0.3, -0.25) is 4.79 Å². The van der Waals surface area contributed by atoms with Crippen LogP contribution >= 0.6 is 11.6 Å². The number of imidazole rings is 1. The maximum atomic E-state index is 12.1. The van der Waals surface area contributed by atoms with Crippen LogP contribution in [0.5, 0.6) is 0 Å². The molecule has 5 nitrogen and oxygen atoms in total. The van der Waals surface area contributed by atoms with Gasteiger partial charge in [0.05, 0.1) is 17.1 Å². The molecule has 1 aromatic carbocycles. The largest absolute Gasteiger partial charge is 0.376 e. The quantitative estimate of drug-likeness (QED) is 0.943. The summed E-state index contributed by atoms with van der Waals surface area (Å²) in [6.07, 6.45) is 2.22. The molecule has 0 bridgehead atoms. The molecule has 0 unspecified atom stereocenters. The summed E-state index contributed by atoms with van der Waals surface area (Å²) >= 11 is 5.97. The van der Waals surface area contributed by atoms with Gasteiger partial charge in [0.15, 0.2) is 0 Å². The minimum Gasteiger partial charge on any atom is -0.376 e. The van der Waals surface area contributed by atoms with E-state index in [1.165, 1.54) is 0 Å². The molecule has 0 radical (unpaired) electrons. The molecule has 1 aromatic heterocycles. The van der Waals surface area contributed by atoms with Gasteiger partial charge >= 0.3 is 0 Å². The average molecular weight is 294 g/mol. The summed E-state index contributed by atoms with van der Waals surface area (Å²) in [4.78, 5) is 16.3. The third kappa shape index (κ3) is 2.51. The highest BCUT2D eigenvalue weighted by Gasteiger charge is 2.17. The fraction of sp³-hybridized carbons (Fsp3) is 0.429. The summed E-state index contributed by atoms with van der Waals surface area (Å²) in [5, 5.41) is 3.31. The van der Waals surface area contributed by atoms with Crippen molar-refractivity contribution in [1.82, 2.24) is 14.9 Å². The summed E-state index contributed by atoms with van der Waals surface area (Å²) in [5.74, 6) is -0.107. The van der Waals surface area contributed by atoms with E-state index in [-0.39, 0.29) is 12.0 Å². The second-order valence-corrected chi connectivity index (χ2v) is 5.33. The number of nitrogens with one attached hydrogen (secondary N) is 1. The number of aryl methyl sites for hydroxylation is 1. The van der Waals surface area contributed by atoms with Crippen LogP contribution in [0.4, 0.5) is 0 Å². The molecule has 1 atom stereocenters. The number of hydrogen-bond donors (Lipinski definition) is 1. The number of amides is 1. The number of carbonyl (C=O) groups excluding carboxylic acids is 1. The fourth-order valence-electron chi connectivity index (χ4n) is 2.43. The van der Waals surface area contributed by atoms with Gasteiger partial charge in [0.2, 0.25) is 5.28 Å². The predicted octanol–water partition coefficient (Wildman–Crippen LogP) is 2.14. The van der Waals surface area contributed by atoms with Crippen molar-refractivity contribution in [2.75, 3.05) is 13.2 Å². The van der Waals surface area contributed by atoms with Gasteiger partial charge in [0, 0.05) is 25.8 Å². The molecule has 1 amide bonds. The molecule has 0 spiro atoms. The average Bonchev–Trinajstić information content (AvgIpc) is 3.05. The highest BCUT2D eigenvalue weighted by atomic mass is 35.5. The topological polar surface area (TPSA) is 56.2 Å². The van der Waals surface area contributed by atoms with Crippen LogP contribution in [0.3, 0.4) is 0 Å². The maximum Gasteiger partial charge on any atom is 0.251 e. The van der Waals surface area contributed by atoms with E-state index in [4.69, 9.17) is 16.3 Å². The Balaban J connectivity index is 1.74. The minimum atomic E-state index is -0.107. The molecule has 3 rings (SSSR count). The Bertz CT molecular complexity index is 647. The number of benzene rings is 1. The number of ether oxygens (including phenoxy) is 1. The van der Waals surface area contributed by atoms with Crippen molar-refractivity contribution >= 4 is 28.5 Å². The number of aromatic nitrogens is 2. The Morgan fingerprint density at radius 3 is 3.20 bits per heavy atom. The van der Waals surface area contributed by atoms with Gasteiger partial charge in [0.1, 0.15) is 0 Å². The van der Waals surface area contributed by atoms with Crippen LogP contribution in [0.15, 0.2) is 18.2 Å². The summed E-state index contributed by atoms with van der Waals surface area (Å²) in [5.41, 5.74) is 2.22. The van der Waals surface area contributed by atoms with E-state index in [0.717, 1.165) is 30.5 Å². The lowest BCUT2D eigenvalue weighted by Gasteiger charge is -2.10. The number of fused-ring (bicyclic) bond motifs is 1. The fourth-order valence-corrected chi connectivity index (χ4v) is 2.61. The smallest absolute Gasteiger partial charge is 0.251 e. The molecule has 6 heteroatoms. The Morgan fingerprint density at radius 1 is 1.60 bits per heavy atom. The van der Waals surface area contributed by atoms with E-state index in [9.17, 15) is 4.79 Å². The number of halogens is 1. The standard InChI is InChI=1S/C14H16ClN3O2/c1-18-12-5-4-9(7-11(12)17-14(18)15)13(19)16-8-10-3-2-6-20-10/h4-5,7,10H,2-3,6,8H2,1H3,(H,16,19)/t10-/m0/s1. The summed E-state index contributed by atoms with van der Waals surface area (Å²) in [6, 6.07) is 5.40. The summed E-state index contributed by atoms with van der Waals surface area (Å²) in [7, 11) is 1.84. The molecule has 1 fully saturated rings. The molecule has 0 saturated carbocycles. The lowest BCUT2D eigenvalue weighted by Crippen LogP contribution is -2.31. The number of carbonyl (C=O) groups is 1. The summed E-state index contributed by atoms with van der Waals surface area (Å²) in [6.45, 7) is 1.35. The molecule has 20 heavy (non-hydrogen) atoms. The van der Waals surface area contributed by atoms with Crippen molar-refractivity contribution in [3.63, 3.8) is 0 Å². The Hall–Kier alpha value is -1.59. The van der Waals surface area contributed by atoms with Crippen molar-refractivity contribution in [3.05, 3.63) is 29.0 Å². The first-order valence-corrected chi connectivity index (χ1v) is 7.05. The molecule has 1 aliphatic heterocycles. The molecule has 2 heterocycles. The van der Waals surface area contributed by atoms with Crippen LogP contribution in [0.25, 0.3) is 11.0 Å². The van der Waals surface area contributed by atoms with E-state index < -0.39 is 0 Å². The van der Waals surface area contributed by atoms with Gasteiger partial charge in [-0.05, 0) is 42.6 Å². The highest BCUT2D eigenvalue weighted by molar-refractivity contribution is 6.29. The second kappa shape index (κ2) is 5.42. The normalized spacial score (nSPS) is 18.6. The predicted molar refractivity (Wildman–Crippen MR) is 77.0 cm³/mol. The first-order chi connectivity index (χ1) is 9.65. The van der Waals surface area contributed by atoms with Crippen LogP contribution in [0.2, 0.25) is 5.28 Å². The van der Waals surface area contributed by atoms with Crippen molar-refractivity contribution < 1.29 is 9.53 Å². The Morgan fingerprint density at radius 2 is 2.45 bits per heavy atom. The van der Waals surface area contributed by atoms with E-state index in [1.807, 2.05) is 13.1 Å². The molecule has 1 aliphatic rings. The molecular weight excluding hydrogens is 278 g/mol. The zero-order chi connectivity index (χ0) is 14.1. The lowest BCUT2D eigenvalue weighted by atomic mass is 10.1. The van der Waals surface area contributed by atoms with Gasteiger partial charge in [-0.15, -0.1) is 0 Å². The zero-order valence-corrected chi connectivity index (χ0v) is 12.0. The molecule has 1 N–H and O–H groups in total. The maximum absolute atomic E-state index is 12.1. The van der Waals surface area contributed by atoms with Crippen molar-refractivity contribution in [1.29, 1.82) is 0 Å². The van der Waals surface area contributed by atoms with Crippen molar-refractivity contribution in [2.45, 2.75) is 18.9 Å². The minimum absolute atomic E-state index is 0.107. The van der Waals surface area contributed by atoms with E-state index in [2.05, 4.69) is 10.3 Å². The number of hydrogen-bond acceptors (Lipinski definition) is 3. The molecule has 2 aromatic rings. The molecular formula is C14H16ClN3O2. The van der Waals surface area contributed by atoms with Crippen molar-refractivity contribution in [2.24, 2.45) is 7.05 Å². The SMILES string of the molecule is Cn1c(Cl)nc2cc(C(=O)NC[C@@H]3CCCO3)ccc21. The molecule has 1 saturated heterocycles. The number of rotatable bonds is 3. The molecule has 0 aliphatic carbocycles. The van der Waals surface area contributed by atoms with Gasteiger partial charge in [-0.1, -0.05) is 0 Å². The first kappa shape index (κ1) is 13.4. The van der Waals surface area contributed by atoms with Gasteiger partial charge in [0.25, 0.3) is 5.91 Å². The van der Waals surface area contributed by atoms with Crippen LogP contribution in [0.1, 0.15) is 23.2 Å². The van der Waals surface area contributed by atoms with Gasteiger partial charge in [-0.2, -0.15) is 0 Å². The van der Waals surface area contributed by atoms with Gasteiger partial charge < -0.3 is 14.6 Å². The third-order valence-corrected chi connectivity index (χ3v) is 3.94. The lowest BCUT2D eigenvalue weighted by molar-refractivity contribution is 0.0858. The molecule has 106 valence electrons. The van der Waals surface area contributed by atoms with E-state index >= 15 is 0 Å². The third-order valence-electron chi connectivity index (χ3n) is 3.60. The van der Waals surface area contributed by atoms with Crippen LogP contribution < -0.4 is 5.32 Å². The van der Waals surface area contributed by atoms with Gasteiger partial charge in [-0.25, -0.2) is 4.98 Å². The Labute approximate surface area is 121 Å².